The van der Waals surface area contributed by atoms with Gasteiger partial charge < -0.3 is 9.80 Å². The Balaban J connectivity index is 1.45. The van der Waals surface area contributed by atoms with Crippen LogP contribution in [0.1, 0.15) is 12.8 Å². The van der Waals surface area contributed by atoms with Crippen LogP contribution < -0.4 is 4.90 Å². The van der Waals surface area contributed by atoms with E-state index in [0.717, 1.165) is 58.1 Å². The second-order valence-corrected chi connectivity index (χ2v) is 7.62. The summed E-state index contributed by atoms with van der Waals surface area (Å²) in [7, 11) is 0. The molecule has 1 atom stereocenters. The van der Waals surface area contributed by atoms with Crippen LogP contribution in [0.2, 0.25) is 0 Å². The molecule has 1 unspecified atom stereocenters. The number of carbonyl (C=O) groups is 1. The molecule has 2 aliphatic rings. The van der Waals surface area contributed by atoms with Gasteiger partial charge in [-0.3, -0.25) is 9.69 Å². The fourth-order valence-corrected chi connectivity index (χ4v) is 4.15. The Labute approximate surface area is 149 Å². The van der Waals surface area contributed by atoms with E-state index < -0.39 is 0 Å². The molecule has 2 saturated heterocycles. The van der Waals surface area contributed by atoms with Gasteiger partial charge >= 0.3 is 0 Å². The van der Waals surface area contributed by atoms with Crippen LogP contribution in [0.25, 0.3) is 0 Å². The van der Waals surface area contributed by atoms with Gasteiger partial charge in [-0.05, 0) is 37.1 Å². The van der Waals surface area contributed by atoms with Crippen LogP contribution in [0, 0.1) is 5.92 Å². The molecule has 0 bridgehead atoms. The Morgan fingerprint density at radius 3 is 2.79 bits per heavy atom. The smallest absolute Gasteiger partial charge is 0.232 e. The largest absolute Gasteiger partial charge is 0.354 e. The van der Waals surface area contributed by atoms with Crippen molar-refractivity contribution in [2.75, 3.05) is 62.7 Å². The molecule has 1 aromatic rings. The lowest BCUT2D eigenvalue weighted by molar-refractivity contribution is -0.130. The second kappa shape index (κ2) is 8.72. The molecule has 1 aromatic heterocycles. The summed E-state index contributed by atoms with van der Waals surface area (Å²) in [6, 6.07) is 6.11. The predicted molar refractivity (Wildman–Crippen MR) is 101 cm³/mol. The molecule has 0 aliphatic carbocycles. The van der Waals surface area contributed by atoms with E-state index in [1.165, 1.54) is 6.42 Å². The minimum absolute atomic E-state index is 0.312. The van der Waals surface area contributed by atoms with Crippen molar-refractivity contribution in [3.05, 3.63) is 24.4 Å². The Hall–Kier alpha value is -1.27. The zero-order chi connectivity index (χ0) is 16.8. The second-order valence-electron chi connectivity index (χ2n) is 6.76. The molecule has 0 aromatic carbocycles. The van der Waals surface area contributed by atoms with E-state index in [1.54, 1.807) is 11.8 Å². The Morgan fingerprint density at radius 1 is 1.25 bits per heavy atom. The number of hydrogen-bond acceptors (Lipinski definition) is 5. The van der Waals surface area contributed by atoms with Crippen LogP contribution in [0.3, 0.4) is 0 Å². The minimum atomic E-state index is 0.312. The monoisotopic (exact) mass is 348 g/mol. The Kier molecular flexibility index (Phi) is 6.37. The molecule has 2 fully saturated rings. The highest BCUT2D eigenvalue weighted by atomic mass is 32.2. The van der Waals surface area contributed by atoms with Crippen molar-refractivity contribution in [1.82, 2.24) is 14.8 Å². The summed E-state index contributed by atoms with van der Waals surface area (Å²) in [6.07, 6.45) is 6.27. The predicted octanol–water partition coefficient (Wildman–Crippen LogP) is 1.81. The lowest BCUT2D eigenvalue weighted by Gasteiger charge is -2.39. The van der Waals surface area contributed by atoms with Gasteiger partial charge in [0.2, 0.25) is 5.91 Å². The molecule has 3 heterocycles. The first-order chi connectivity index (χ1) is 11.8. The zero-order valence-electron chi connectivity index (χ0n) is 14.6. The molecule has 24 heavy (non-hydrogen) atoms. The number of likely N-dealkylation sites (tertiary alicyclic amines) is 1. The van der Waals surface area contributed by atoms with Crippen molar-refractivity contribution in [2.45, 2.75) is 12.8 Å². The summed E-state index contributed by atoms with van der Waals surface area (Å²) < 4.78 is 0. The Morgan fingerprint density at radius 2 is 2.08 bits per heavy atom. The van der Waals surface area contributed by atoms with Crippen molar-refractivity contribution in [2.24, 2.45) is 5.92 Å². The maximum absolute atomic E-state index is 12.1. The average Bonchev–Trinajstić information content (AvgIpc) is 2.63. The van der Waals surface area contributed by atoms with Crippen LogP contribution in [-0.4, -0.2) is 78.5 Å². The zero-order valence-corrected chi connectivity index (χ0v) is 15.4. The van der Waals surface area contributed by atoms with Crippen molar-refractivity contribution in [3.8, 4) is 0 Å². The maximum Gasteiger partial charge on any atom is 0.232 e. The number of amides is 1. The molecule has 2 aliphatic heterocycles. The minimum Gasteiger partial charge on any atom is -0.354 e. The van der Waals surface area contributed by atoms with Crippen molar-refractivity contribution < 1.29 is 4.79 Å². The number of piperazine rings is 1. The van der Waals surface area contributed by atoms with Crippen molar-refractivity contribution >= 4 is 23.5 Å². The first kappa shape index (κ1) is 17.5. The highest BCUT2D eigenvalue weighted by Crippen LogP contribution is 2.20. The summed E-state index contributed by atoms with van der Waals surface area (Å²) in [4.78, 5) is 23.6. The molecule has 132 valence electrons. The number of piperidine rings is 1. The molecule has 0 N–H and O–H groups in total. The molecule has 0 saturated carbocycles. The molecule has 5 nitrogen and oxygen atoms in total. The molecule has 1 amide bonds. The van der Waals surface area contributed by atoms with Gasteiger partial charge in [-0.1, -0.05) is 6.07 Å². The highest BCUT2D eigenvalue weighted by molar-refractivity contribution is 7.99. The lowest BCUT2D eigenvalue weighted by Crippen LogP contribution is -2.50. The van der Waals surface area contributed by atoms with E-state index >= 15 is 0 Å². The van der Waals surface area contributed by atoms with E-state index in [2.05, 4.69) is 31.8 Å². The molecule has 0 spiro atoms. The van der Waals surface area contributed by atoms with E-state index in [9.17, 15) is 4.79 Å². The average molecular weight is 349 g/mol. The number of hydrogen-bond donors (Lipinski definition) is 0. The molecule has 0 radical (unpaired) electrons. The topological polar surface area (TPSA) is 39.7 Å². The van der Waals surface area contributed by atoms with Gasteiger partial charge in [0.25, 0.3) is 0 Å². The number of nitrogens with zero attached hydrogens (tertiary/aromatic N) is 4. The maximum atomic E-state index is 12.1. The fraction of sp³-hybridized carbons (Fsp3) is 0.667. The van der Waals surface area contributed by atoms with Gasteiger partial charge in [-0.25, -0.2) is 4.98 Å². The van der Waals surface area contributed by atoms with Crippen LogP contribution in [0.15, 0.2) is 24.4 Å². The third-order valence-corrected chi connectivity index (χ3v) is 5.54. The molecular formula is C18H28N4OS. The van der Waals surface area contributed by atoms with E-state index in [1.807, 2.05) is 18.5 Å². The number of anilines is 1. The summed E-state index contributed by atoms with van der Waals surface area (Å²) >= 11 is 1.63. The summed E-state index contributed by atoms with van der Waals surface area (Å²) in [5, 5.41) is 0. The summed E-state index contributed by atoms with van der Waals surface area (Å²) in [5.41, 5.74) is 0. The number of carbonyl (C=O) groups excluding carboxylic acids is 1. The van der Waals surface area contributed by atoms with Gasteiger partial charge in [-0.2, -0.15) is 11.8 Å². The third kappa shape index (κ3) is 4.63. The van der Waals surface area contributed by atoms with Gasteiger partial charge in [0.1, 0.15) is 5.82 Å². The highest BCUT2D eigenvalue weighted by Gasteiger charge is 2.26. The van der Waals surface area contributed by atoms with Gasteiger partial charge in [0.05, 0.1) is 5.75 Å². The number of aromatic nitrogens is 1. The standard InChI is InChI=1S/C18H28N4OS/c1-24-15-18(23)22-8-4-5-16(14-22)13-20-9-11-21(12-10-20)17-6-2-3-7-19-17/h2-3,6-7,16H,4-5,8-15H2,1H3. The quantitative estimate of drug-likeness (QED) is 0.811. The van der Waals surface area contributed by atoms with E-state index in [4.69, 9.17) is 0 Å². The fourth-order valence-electron chi connectivity index (χ4n) is 3.72. The first-order valence-electron chi connectivity index (χ1n) is 8.91. The van der Waals surface area contributed by atoms with Crippen molar-refractivity contribution in [1.29, 1.82) is 0 Å². The molecule has 3 rings (SSSR count). The van der Waals surface area contributed by atoms with Gasteiger partial charge in [-0.15, -0.1) is 0 Å². The normalized spacial score (nSPS) is 22.6. The SMILES string of the molecule is CSCC(=O)N1CCCC(CN2CCN(c3ccccn3)CC2)C1. The lowest BCUT2D eigenvalue weighted by atomic mass is 9.97. The van der Waals surface area contributed by atoms with E-state index in [0.29, 0.717) is 17.6 Å². The van der Waals surface area contributed by atoms with Crippen molar-refractivity contribution in [3.63, 3.8) is 0 Å². The summed E-state index contributed by atoms with van der Waals surface area (Å²) in [6.45, 7) is 7.28. The first-order valence-corrected chi connectivity index (χ1v) is 10.3. The molecule has 6 heteroatoms. The van der Waals surface area contributed by atoms with Crippen LogP contribution in [0.5, 0.6) is 0 Å². The van der Waals surface area contributed by atoms with Crippen LogP contribution in [0.4, 0.5) is 5.82 Å². The summed E-state index contributed by atoms with van der Waals surface area (Å²) in [5.74, 6) is 2.65. The molecular weight excluding hydrogens is 320 g/mol. The third-order valence-electron chi connectivity index (χ3n) is 5.00. The van der Waals surface area contributed by atoms with Crippen LogP contribution >= 0.6 is 11.8 Å². The van der Waals surface area contributed by atoms with E-state index in [-0.39, 0.29) is 0 Å². The number of pyridine rings is 1. The van der Waals surface area contributed by atoms with Gasteiger partial charge in [0.15, 0.2) is 0 Å². The number of rotatable bonds is 5. The number of thioether (sulfide) groups is 1. The van der Waals surface area contributed by atoms with Gasteiger partial charge in [0, 0.05) is 52.0 Å². The van der Waals surface area contributed by atoms with Crippen LogP contribution in [-0.2, 0) is 4.79 Å². The Bertz CT molecular complexity index is 519.